The van der Waals surface area contributed by atoms with E-state index in [9.17, 15) is 35.9 Å². The van der Waals surface area contributed by atoms with Crippen LogP contribution in [0.1, 0.15) is 96.8 Å². The Morgan fingerprint density at radius 3 is 1.17 bits per heavy atom. The summed E-state index contributed by atoms with van der Waals surface area (Å²) in [6.45, 7) is 2.18. The van der Waals surface area contributed by atoms with Gasteiger partial charge in [0, 0.05) is 26.2 Å². The molecule has 0 unspecified atom stereocenters. The number of hydrogen-bond donors (Lipinski definition) is 2. The van der Waals surface area contributed by atoms with E-state index in [4.69, 9.17) is 0 Å². The maximum absolute atomic E-state index is 12.3. The first-order valence-electron chi connectivity index (χ1n) is 12.9. The second-order valence-corrected chi connectivity index (χ2v) is 8.95. The van der Waals surface area contributed by atoms with Crippen LogP contribution in [0.25, 0.3) is 0 Å². The number of rotatable bonds is 21. The van der Waals surface area contributed by atoms with Gasteiger partial charge in [-0.25, -0.2) is 0 Å². The average molecular weight is 520 g/mol. The Kier molecular flexibility index (Phi) is 18.8. The molecule has 0 aliphatic rings. The number of carbonyl (C=O) groups is 2. The second kappa shape index (κ2) is 19.6. The molecule has 0 saturated carbocycles. The highest BCUT2D eigenvalue weighted by Gasteiger charge is 2.39. The molecule has 35 heavy (non-hydrogen) atoms. The van der Waals surface area contributed by atoms with Gasteiger partial charge in [-0.2, -0.15) is 26.3 Å². The van der Waals surface area contributed by atoms with E-state index in [0.717, 1.165) is 32.1 Å². The van der Waals surface area contributed by atoms with Crippen molar-refractivity contribution in [1.82, 2.24) is 15.5 Å². The fourth-order valence-electron chi connectivity index (χ4n) is 3.72. The van der Waals surface area contributed by atoms with E-state index in [-0.39, 0.29) is 26.2 Å². The number of nitrogens with zero attached hydrogens (tertiary/aromatic N) is 1. The number of carbonyl (C=O) groups excluding carboxylic acids is 2. The summed E-state index contributed by atoms with van der Waals surface area (Å²) in [5.41, 5.74) is 0. The fourth-order valence-corrected chi connectivity index (χ4v) is 3.72. The Morgan fingerprint density at radius 2 is 0.857 bits per heavy atom. The predicted molar refractivity (Wildman–Crippen MR) is 125 cm³/mol. The van der Waals surface area contributed by atoms with Crippen LogP contribution in [0.4, 0.5) is 26.3 Å². The molecule has 0 aromatic heterocycles. The zero-order valence-electron chi connectivity index (χ0n) is 21.0. The van der Waals surface area contributed by atoms with Crippen LogP contribution in [-0.2, 0) is 9.59 Å². The zero-order valence-corrected chi connectivity index (χ0v) is 21.0. The number of nitrogens with one attached hydrogen (secondary N) is 2. The molecule has 2 N–H and O–H groups in total. The molecular formula is C24H43F6N3O2. The monoisotopic (exact) mass is 519 g/mol. The lowest BCUT2D eigenvalue weighted by Crippen LogP contribution is -2.44. The van der Waals surface area contributed by atoms with Gasteiger partial charge in [0.2, 0.25) is 0 Å². The average Bonchev–Trinajstić information content (AvgIpc) is 2.77. The summed E-state index contributed by atoms with van der Waals surface area (Å²) in [6.07, 6.45) is 6.52. The molecule has 0 heterocycles. The molecule has 0 atom stereocenters. The normalized spacial score (nSPS) is 12.2. The van der Waals surface area contributed by atoms with Crippen LogP contribution in [0.5, 0.6) is 0 Å². The van der Waals surface area contributed by atoms with Crippen molar-refractivity contribution >= 4 is 11.8 Å². The summed E-state index contributed by atoms with van der Waals surface area (Å²) in [4.78, 5) is 23.5. The van der Waals surface area contributed by atoms with Gasteiger partial charge in [0.25, 0.3) is 0 Å². The molecule has 0 aromatic rings. The van der Waals surface area contributed by atoms with Crippen LogP contribution in [0.3, 0.4) is 0 Å². The first kappa shape index (κ1) is 33.5. The minimum Gasteiger partial charge on any atom is -0.347 e. The summed E-state index contributed by atoms with van der Waals surface area (Å²) < 4.78 is 73.7. The highest BCUT2D eigenvalue weighted by Crippen LogP contribution is 2.15. The van der Waals surface area contributed by atoms with Crippen molar-refractivity contribution < 1.29 is 35.9 Å². The van der Waals surface area contributed by atoms with E-state index >= 15 is 0 Å². The SMILES string of the molecule is CCCCCCCCCCCCCCCCN(CCNC(=O)C(F)(F)F)CCNC(=O)C(F)(F)F. The molecule has 0 spiro atoms. The lowest BCUT2D eigenvalue weighted by atomic mass is 10.0. The number of unbranched alkanes of at least 4 members (excludes halogenated alkanes) is 13. The summed E-state index contributed by atoms with van der Waals surface area (Å²) >= 11 is 0. The van der Waals surface area contributed by atoms with Crippen LogP contribution in [-0.4, -0.2) is 61.8 Å². The van der Waals surface area contributed by atoms with Gasteiger partial charge < -0.3 is 10.6 Å². The molecule has 0 aromatic carbocycles. The van der Waals surface area contributed by atoms with Crippen LogP contribution in [0.2, 0.25) is 0 Å². The van der Waals surface area contributed by atoms with Gasteiger partial charge in [0.05, 0.1) is 0 Å². The third-order valence-electron chi connectivity index (χ3n) is 5.77. The summed E-state index contributed by atoms with van der Waals surface area (Å²) in [5.74, 6) is -4.11. The van der Waals surface area contributed by atoms with Crippen LogP contribution in [0.15, 0.2) is 0 Å². The highest BCUT2D eigenvalue weighted by molar-refractivity contribution is 5.82. The molecule has 11 heteroatoms. The molecule has 0 radical (unpaired) electrons. The fraction of sp³-hybridized carbons (Fsp3) is 0.917. The third kappa shape index (κ3) is 20.4. The first-order valence-corrected chi connectivity index (χ1v) is 12.9. The van der Waals surface area contributed by atoms with Gasteiger partial charge in [-0.1, -0.05) is 90.4 Å². The highest BCUT2D eigenvalue weighted by atomic mass is 19.4. The number of hydrogen-bond acceptors (Lipinski definition) is 3. The summed E-state index contributed by atoms with van der Waals surface area (Å²) in [7, 11) is 0. The molecule has 2 amide bonds. The van der Waals surface area contributed by atoms with Gasteiger partial charge in [-0.3, -0.25) is 14.5 Å². The van der Waals surface area contributed by atoms with Crippen LogP contribution in [0, 0.1) is 0 Å². The lowest BCUT2D eigenvalue weighted by Gasteiger charge is -2.23. The smallest absolute Gasteiger partial charge is 0.347 e. The van der Waals surface area contributed by atoms with Crippen molar-refractivity contribution in [2.75, 3.05) is 32.7 Å². The Balaban J connectivity index is 4.03. The first-order chi connectivity index (χ1) is 16.5. The van der Waals surface area contributed by atoms with E-state index < -0.39 is 24.2 Å². The van der Waals surface area contributed by atoms with Crippen LogP contribution >= 0.6 is 0 Å². The molecule has 0 saturated heterocycles. The van der Waals surface area contributed by atoms with Gasteiger partial charge >= 0.3 is 24.2 Å². The van der Waals surface area contributed by atoms with Gasteiger partial charge in [0.15, 0.2) is 0 Å². The van der Waals surface area contributed by atoms with Gasteiger partial charge in [-0.05, 0) is 13.0 Å². The molecule has 0 aliphatic carbocycles. The summed E-state index contributed by atoms with van der Waals surface area (Å²) in [6, 6.07) is 0. The summed E-state index contributed by atoms with van der Waals surface area (Å²) in [5, 5.41) is 3.51. The zero-order chi connectivity index (χ0) is 26.6. The molecule has 5 nitrogen and oxygen atoms in total. The molecule has 0 bridgehead atoms. The largest absolute Gasteiger partial charge is 0.471 e. The van der Waals surface area contributed by atoms with Gasteiger partial charge in [-0.15, -0.1) is 0 Å². The molecule has 208 valence electrons. The van der Waals surface area contributed by atoms with Crippen molar-refractivity contribution in [2.24, 2.45) is 0 Å². The van der Waals surface area contributed by atoms with Crippen molar-refractivity contribution in [3.63, 3.8) is 0 Å². The van der Waals surface area contributed by atoms with E-state index in [1.807, 2.05) is 0 Å². The number of halogens is 6. The Morgan fingerprint density at radius 1 is 0.543 bits per heavy atom. The van der Waals surface area contributed by atoms with Crippen molar-refractivity contribution in [3.8, 4) is 0 Å². The van der Waals surface area contributed by atoms with Crippen molar-refractivity contribution in [1.29, 1.82) is 0 Å². The number of alkyl halides is 6. The van der Waals surface area contributed by atoms with E-state index in [1.165, 1.54) is 57.8 Å². The molecule has 0 aliphatic heterocycles. The maximum Gasteiger partial charge on any atom is 0.471 e. The van der Waals surface area contributed by atoms with Crippen molar-refractivity contribution in [3.05, 3.63) is 0 Å². The second-order valence-electron chi connectivity index (χ2n) is 8.95. The Hall–Kier alpha value is -1.52. The van der Waals surface area contributed by atoms with Crippen LogP contribution < -0.4 is 10.6 Å². The maximum atomic E-state index is 12.3. The quantitative estimate of drug-likeness (QED) is 0.142. The van der Waals surface area contributed by atoms with Crippen molar-refractivity contribution in [2.45, 2.75) is 109 Å². The Bertz CT molecular complexity index is 524. The minimum atomic E-state index is -4.99. The molecule has 0 fully saturated rings. The minimum absolute atomic E-state index is 0.0438. The Labute approximate surface area is 205 Å². The predicted octanol–water partition coefficient (Wildman–Crippen LogP) is 6.13. The van der Waals surface area contributed by atoms with E-state index in [0.29, 0.717) is 6.54 Å². The van der Waals surface area contributed by atoms with Gasteiger partial charge in [0.1, 0.15) is 0 Å². The topological polar surface area (TPSA) is 61.4 Å². The lowest BCUT2D eigenvalue weighted by molar-refractivity contribution is -0.173. The molecule has 0 rings (SSSR count). The van der Waals surface area contributed by atoms with E-state index in [1.54, 1.807) is 15.5 Å². The number of amides is 2. The molecular weight excluding hydrogens is 476 g/mol. The third-order valence-corrected chi connectivity index (χ3v) is 5.77. The van der Waals surface area contributed by atoms with E-state index in [2.05, 4.69) is 6.92 Å². The standard InChI is InChI=1S/C24H43F6N3O2/c1-2-3-4-5-6-7-8-9-10-11-12-13-14-15-18-33(19-16-31-21(34)23(25,26)27)20-17-32-22(35)24(28,29)30/h2-20H2,1H3,(H,31,34)(H,32,35).